The molecule has 2 rings (SSSR count). The summed E-state index contributed by atoms with van der Waals surface area (Å²) in [5, 5.41) is 6.06. The molecule has 0 aliphatic heterocycles. The third kappa shape index (κ3) is 6.11. The zero-order valence-corrected chi connectivity index (χ0v) is 16.3. The van der Waals surface area contributed by atoms with Crippen molar-refractivity contribution in [3.8, 4) is 0 Å². The van der Waals surface area contributed by atoms with Gasteiger partial charge in [-0.2, -0.15) is 0 Å². The monoisotopic (exact) mass is 355 g/mol. The SMILES string of the molecule is CN(C)CCCNc1cnc(C(=O)Nc2ccc(C(C)(C)C)cc2)cn1. The summed E-state index contributed by atoms with van der Waals surface area (Å²) in [6.45, 7) is 8.30. The zero-order chi connectivity index (χ0) is 19.2. The summed E-state index contributed by atoms with van der Waals surface area (Å²) >= 11 is 0. The molecule has 0 bridgehead atoms. The first kappa shape index (κ1) is 19.8. The van der Waals surface area contributed by atoms with Crippen molar-refractivity contribution in [3.63, 3.8) is 0 Å². The minimum atomic E-state index is -0.264. The number of nitrogens with one attached hydrogen (secondary N) is 2. The Labute approximate surface area is 156 Å². The standard InChI is InChI=1S/C20H29N5O/c1-20(2,3)15-7-9-16(10-8-15)24-19(26)17-13-23-18(14-22-17)21-11-6-12-25(4)5/h7-10,13-14H,6,11-12H2,1-5H3,(H,21,23)(H,24,26). The van der Waals surface area contributed by atoms with Gasteiger partial charge in [-0.1, -0.05) is 32.9 Å². The van der Waals surface area contributed by atoms with E-state index in [1.54, 1.807) is 6.20 Å². The number of carbonyl (C=O) groups excluding carboxylic acids is 1. The van der Waals surface area contributed by atoms with Crippen molar-refractivity contribution in [2.24, 2.45) is 0 Å². The molecule has 1 amide bonds. The van der Waals surface area contributed by atoms with Crippen LogP contribution in [0, 0.1) is 0 Å². The molecule has 6 heteroatoms. The van der Waals surface area contributed by atoms with Crippen LogP contribution < -0.4 is 10.6 Å². The first-order valence-electron chi connectivity index (χ1n) is 8.88. The van der Waals surface area contributed by atoms with E-state index >= 15 is 0 Å². The van der Waals surface area contributed by atoms with E-state index in [-0.39, 0.29) is 11.3 Å². The van der Waals surface area contributed by atoms with E-state index in [4.69, 9.17) is 0 Å². The van der Waals surface area contributed by atoms with Gasteiger partial charge in [0.2, 0.25) is 0 Å². The van der Waals surface area contributed by atoms with Gasteiger partial charge in [-0.25, -0.2) is 9.97 Å². The van der Waals surface area contributed by atoms with E-state index in [9.17, 15) is 4.79 Å². The summed E-state index contributed by atoms with van der Waals surface area (Å²) in [5.74, 6) is 0.412. The Kier molecular flexibility index (Phi) is 6.69. The Balaban J connectivity index is 1.89. The second-order valence-electron chi connectivity index (χ2n) is 7.65. The summed E-state index contributed by atoms with van der Waals surface area (Å²) in [5.41, 5.74) is 2.35. The predicted octanol–water partition coefficient (Wildman–Crippen LogP) is 3.39. The van der Waals surface area contributed by atoms with Crippen LogP contribution >= 0.6 is 0 Å². The van der Waals surface area contributed by atoms with Crippen molar-refractivity contribution in [3.05, 3.63) is 47.9 Å². The third-order valence-corrected chi connectivity index (χ3v) is 3.98. The van der Waals surface area contributed by atoms with E-state index in [1.165, 1.54) is 11.8 Å². The molecule has 2 aromatic rings. The number of amides is 1. The Bertz CT molecular complexity index is 702. The van der Waals surface area contributed by atoms with Gasteiger partial charge in [0.25, 0.3) is 5.91 Å². The second kappa shape index (κ2) is 8.76. The average molecular weight is 355 g/mol. The summed E-state index contributed by atoms with van der Waals surface area (Å²) in [7, 11) is 4.09. The number of anilines is 2. The second-order valence-corrected chi connectivity index (χ2v) is 7.65. The highest BCUT2D eigenvalue weighted by Crippen LogP contribution is 2.23. The maximum atomic E-state index is 12.3. The van der Waals surface area contributed by atoms with E-state index in [2.05, 4.69) is 46.3 Å². The lowest BCUT2D eigenvalue weighted by Crippen LogP contribution is -2.17. The molecule has 140 valence electrons. The molecule has 0 aliphatic carbocycles. The van der Waals surface area contributed by atoms with Gasteiger partial charge in [-0.15, -0.1) is 0 Å². The van der Waals surface area contributed by atoms with Crippen LogP contribution in [0.1, 0.15) is 43.2 Å². The molecule has 26 heavy (non-hydrogen) atoms. The van der Waals surface area contributed by atoms with Crippen LogP contribution in [0.4, 0.5) is 11.5 Å². The van der Waals surface area contributed by atoms with Crippen LogP contribution in [0.3, 0.4) is 0 Å². The summed E-state index contributed by atoms with van der Waals surface area (Å²) in [6.07, 6.45) is 4.10. The number of hydrogen-bond acceptors (Lipinski definition) is 5. The van der Waals surface area contributed by atoms with Crippen LogP contribution in [-0.2, 0) is 5.41 Å². The number of rotatable bonds is 7. The number of benzene rings is 1. The molecule has 0 unspecified atom stereocenters. The zero-order valence-electron chi connectivity index (χ0n) is 16.3. The minimum absolute atomic E-state index is 0.0867. The van der Waals surface area contributed by atoms with E-state index < -0.39 is 0 Å². The fourth-order valence-electron chi connectivity index (χ4n) is 2.40. The first-order chi connectivity index (χ1) is 12.3. The minimum Gasteiger partial charge on any atom is -0.369 e. The molecule has 1 aromatic carbocycles. The van der Waals surface area contributed by atoms with Gasteiger partial charge < -0.3 is 15.5 Å². The van der Waals surface area contributed by atoms with Crippen LogP contribution in [0.15, 0.2) is 36.7 Å². The highest BCUT2D eigenvalue weighted by molar-refractivity contribution is 6.02. The van der Waals surface area contributed by atoms with Crippen LogP contribution in [0.5, 0.6) is 0 Å². The third-order valence-electron chi connectivity index (χ3n) is 3.98. The lowest BCUT2D eigenvalue weighted by Gasteiger charge is -2.19. The molecule has 0 fully saturated rings. The Morgan fingerprint density at radius 2 is 1.77 bits per heavy atom. The molecule has 0 radical (unpaired) electrons. The Morgan fingerprint density at radius 3 is 2.31 bits per heavy atom. The molecule has 2 N–H and O–H groups in total. The molecular formula is C20H29N5O. The highest BCUT2D eigenvalue weighted by atomic mass is 16.1. The first-order valence-corrected chi connectivity index (χ1v) is 8.88. The normalized spacial score (nSPS) is 11.5. The van der Waals surface area contributed by atoms with Gasteiger partial charge in [0.05, 0.1) is 12.4 Å². The number of carbonyl (C=O) groups is 1. The van der Waals surface area contributed by atoms with Gasteiger partial charge in [0.15, 0.2) is 0 Å². The lowest BCUT2D eigenvalue weighted by atomic mass is 9.87. The van der Waals surface area contributed by atoms with Crippen molar-refractivity contribution in [2.45, 2.75) is 32.6 Å². The van der Waals surface area contributed by atoms with Crippen LogP contribution in [0.2, 0.25) is 0 Å². The van der Waals surface area contributed by atoms with E-state index in [0.29, 0.717) is 11.5 Å². The molecule has 0 atom stereocenters. The number of hydrogen-bond donors (Lipinski definition) is 2. The van der Waals surface area contributed by atoms with Gasteiger partial charge in [0, 0.05) is 12.2 Å². The van der Waals surface area contributed by atoms with Gasteiger partial charge in [-0.05, 0) is 50.2 Å². The Hall–Kier alpha value is -2.47. The average Bonchev–Trinajstić information content (AvgIpc) is 2.59. The number of nitrogens with zero attached hydrogens (tertiary/aromatic N) is 3. The van der Waals surface area contributed by atoms with Gasteiger partial charge in [0.1, 0.15) is 11.5 Å². The quantitative estimate of drug-likeness (QED) is 0.745. The van der Waals surface area contributed by atoms with Crippen molar-refractivity contribution in [1.82, 2.24) is 14.9 Å². The molecule has 0 saturated carbocycles. The maximum Gasteiger partial charge on any atom is 0.275 e. The smallest absolute Gasteiger partial charge is 0.275 e. The lowest BCUT2D eigenvalue weighted by molar-refractivity contribution is 0.102. The molecular weight excluding hydrogens is 326 g/mol. The summed E-state index contributed by atoms with van der Waals surface area (Å²) in [4.78, 5) is 22.9. The molecule has 0 saturated heterocycles. The highest BCUT2D eigenvalue weighted by Gasteiger charge is 2.14. The topological polar surface area (TPSA) is 70.2 Å². The van der Waals surface area contributed by atoms with Crippen molar-refractivity contribution in [2.75, 3.05) is 37.8 Å². The summed E-state index contributed by atoms with van der Waals surface area (Å²) in [6, 6.07) is 7.88. The molecule has 0 aliphatic rings. The van der Waals surface area contributed by atoms with Gasteiger partial charge in [-0.3, -0.25) is 4.79 Å². The largest absolute Gasteiger partial charge is 0.369 e. The summed E-state index contributed by atoms with van der Waals surface area (Å²) < 4.78 is 0. The van der Waals surface area contributed by atoms with Gasteiger partial charge >= 0.3 is 0 Å². The van der Waals surface area contributed by atoms with E-state index in [1.807, 2.05) is 38.4 Å². The number of aromatic nitrogens is 2. The molecule has 6 nitrogen and oxygen atoms in total. The maximum absolute atomic E-state index is 12.3. The molecule has 1 heterocycles. The van der Waals surface area contributed by atoms with Crippen LogP contribution in [0.25, 0.3) is 0 Å². The molecule has 0 spiro atoms. The van der Waals surface area contributed by atoms with Crippen LogP contribution in [-0.4, -0.2) is 48.0 Å². The Morgan fingerprint density at radius 1 is 1.08 bits per heavy atom. The van der Waals surface area contributed by atoms with Crippen molar-refractivity contribution in [1.29, 1.82) is 0 Å². The molecule has 1 aromatic heterocycles. The predicted molar refractivity (Wildman–Crippen MR) is 107 cm³/mol. The van der Waals surface area contributed by atoms with E-state index in [0.717, 1.165) is 25.2 Å². The van der Waals surface area contributed by atoms with Crippen molar-refractivity contribution >= 4 is 17.4 Å². The van der Waals surface area contributed by atoms with Crippen molar-refractivity contribution < 1.29 is 4.79 Å². The fourth-order valence-corrected chi connectivity index (χ4v) is 2.40. The fraction of sp³-hybridized carbons (Fsp3) is 0.450.